The second-order valence-corrected chi connectivity index (χ2v) is 10.4. The van der Waals surface area contributed by atoms with Crippen molar-refractivity contribution in [2.45, 2.75) is 18.9 Å². The maximum atomic E-state index is 14.0. The molecule has 0 fully saturated rings. The molecule has 4 aromatic rings. The molecule has 6 nitrogen and oxygen atoms in total. The van der Waals surface area contributed by atoms with Crippen LogP contribution in [0.4, 0.5) is 0 Å². The zero-order valence-electron chi connectivity index (χ0n) is 21.8. The Kier molecular flexibility index (Phi) is 8.05. The third kappa shape index (κ3) is 5.30. The summed E-state index contributed by atoms with van der Waals surface area (Å²) in [7, 11) is 3.29. The molecular weight excluding hydrogens is 496 g/mol. The van der Waals surface area contributed by atoms with Crippen molar-refractivity contribution in [3.05, 3.63) is 99.7 Å². The Hall–Kier alpha value is -3.68. The van der Waals surface area contributed by atoms with Crippen LogP contribution in [0.25, 0.3) is 10.8 Å². The van der Waals surface area contributed by atoms with Crippen LogP contribution in [0, 0.1) is 0 Å². The lowest BCUT2D eigenvalue weighted by Gasteiger charge is -2.37. The van der Waals surface area contributed by atoms with E-state index >= 15 is 0 Å². The van der Waals surface area contributed by atoms with Crippen molar-refractivity contribution in [1.82, 2.24) is 9.80 Å². The first-order valence-electron chi connectivity index (χ1n) is 12.9. The van der Waals surface area contributed by atoms with Gasteiger partial charge >= 0.3 is 0 Å². The minimum absolute atomic E-state index is 0.0118. The Morgan fingerprint density at radius 2 is 1.79 bits per heavy atom. The predicted octanol–water partition coefficient (Wildman–Crippen LogP) is 5.56. The van der Waals surface area contributed by atoms with E-state index in [4.69, 9.17) is 9.47 Å². The van der Waals surface area contributed by atoms with Crippen LogP contribution >= 0.6 is 11.3 Å². The molecule has 3 aromatic carbocycles. The van der Waals surface area contributed by atoms with E-state index in [9.17, 15) is 9.59 Å². The fourth-order valence-corrected chi connectivity index (χ4v) is 6.12. The van der Waals surface area contributed by atoms with Gasteiger partial charge in [0.05, 0.1) is 13.2 Å². The molecule has 0 aliphatic carbocycles. The maximum absolute atomic E-state index is 14.0. The average Bonchev–Trinajstić information content (AvgIpc) is 3.44. The monoisotopic (exact) mass is 528 g/mol. The number of ether oxygens (including phenoxy) is 2. The molecule has 0 saturated carbocycles. The summed E-state index contributed by atoms with van der Waals surface area (Å²) in [5.41, 5.74) is 2.80. The summed E-state index contributed by atoms with van der Waals surface area (Å²) >= 11 is 1.73. The van der Waals surface area contributed by atoms with E-state index in [0.717, 1.165) is 34.1 Å². The second kappa shape index (κ2) is 11.8. The van der Waals surface area contributed by atoms with E-state index in [-0.39, 0.29) is 24.4 Å². The summed E-state index contributed by atoms with van der Waals surface area (Å²) in [4.78, 5) is 32.7. The lowest BCUT2D eigenvalue weighted by molar-refractivity contribution is -0.134. The van der Waals surface area contributed by atoms with Gasteiger partial charge in [0.15, 0.2) is 0 Å². The van der Waals surface area contributed by atoms with Gasteiger partial charge in [-0.15, -0.1) is 11.3 Å². The molecule has 0 saturated heterocycles. The molecule has 2 amide bonds. The molecule has 0 spiro atoms. The number of rotatable bonds is 9. The van der Waals surface area contributed by atoms with E-state index in [1.54, 1.807) is 30.5 Å². The molecule has 5 rings (SSSR count). The second-order valence-electron chi connectivity index (χ2n) is 9.41. The Morgan fingerprint density at radius 3 is 2.58 bits per heavy atom. The maximum Gasteiger partial charge on any atom is 0.254 e. The van der Waals surface area contributed by atoms with Crippen molar-refractivity contribution >= 4 is 33.9 Å². The molecule has 0 radical (unpaired) electrons. The van der Waals surface area contributed by atoms with Gasteiger partial charge in [-0.05, 0) is 64.4 Å². The molecule has 1 aliphatic rings. The number of benzene rings is 3. The molecule has 38 heavy (non-hydrogen) atoms. The quantitative estimate of drug-likeness (QED) is 0.267. The number of fused-ring (bicyclic) bond motifs is 2. The zero-order chi connectivity index (χ0) is 26.5. The number of nitrogens with zero attached hydrogens (tertiary/aromatic N) is 2. The van der Waals surface area contributed by atoms with Gasteiger partial charge < -0.3 is 19.3 Å². The molecule has 1 aromatic heterocycles. The summed E-state index contributed by atoms with van der Waals surface area (Å²) in [6.45, 7) is 1.58. The average molecular weight is 529 g/mol. The van der Waals surface area contributed by atoms with Crippen molar-refractivity contribution < 1.29 is 19.1 Å². The van der Waals surface area contributed by atoms with Crippen LogP contribution in [0.15, 0.2) is 78.2 Å². The predicted molar refractivity (Wildman–Crippen MR) is 151 cm³/mol. The number of hydrogen-bond donors (Lipinski definition) is 0. The normalized spacial score (nSPS) is 14.8. The summed E-state index contributed by atoms with van der Waals surface area (Å²) in [6, 6.07) is 23.4. The molecule has 2 heterocycles. The van der Waals surface area contributed by atoms with Crippen molar-refractivity contribution in [3.63, 3.8) is 0 Å². The van der Waals surface area contributed by atoms with Crippen LogP contribution in [0.2, 0.25) is 0 Å². The molecule has 0 bridgehead atoms. The van der Waals surface area contributed by atoms with E-state index in [0.29, 0.717) is 31.7 Å². The fraction of sp³-hybridized carbons (Fsp3) is 0.290. The van der Waals surface area contributed by atoms with Crippen molar-refractivity contribution in [1.29, 1.82) is 0 Å². The number of methoxy groups -OCH3 is 2. The van der Waals surface area contributed by atoms with Gasteiger partial charge in [-0.2, -0.15) is 0 Å². The number of hydrogen-bond acceptors (Lipinski definition) is 5. The van der Waals surface area contributed by atoms with Crippen LogP contribution in [0.1, 0.15) is 38.8 Å². The molecule has 1 aliphatic heterocycles. The number of thiophene rings is 1. The van der Waals surface area contributed by atoms with Crippen LogP contribution in [0.5, 0.6) is 5.75 Å². The van der Waals surface area contributed by atoms with Crippen LogP contribution in [0.3, 0.4) is 0 Å². The van der Waals surface area contributed by atoms with E-state index < -0.39 is 0 Å². The van der Waals surface area contributed by atoms with E-state index in [1.165, 1.54) is 4.88 Å². The summed E-state index contributed by atoms with van der Waals surface area (Å²) in [5, 5.41) is 3.99. The molecule has 0 N–H and O–H groups in total. The van der Waals surface area contributed by atoms with Crippen molar-refractivity contribution in [2.24, 2.45) is 0 Å². The lowest BCUT2D eigenvalue weighted by atomic mass is 9.93. The molecule has 196 valence electrons. The Balaban J connectivity index is 1.44. The fourth-order valence-electron chi connectivity index (χ4n) is 5.22. The first-order chi connectivity index (χ1) is 18.6. The van der Waals surface area contributed by atoms with Gasteiger partial charge in [-0.3, -0.25) is 9.59 Å². The highest BCUT2D eigenvalue weighted by molar-refractivity contribution is 7.10. The zero-order valence-corrected chi connectivity index (χ0v) is 22.6. The molecule has 1 unspecified atom stereocenters. The van der Waals surface area contributed by atoms with Gasteiger partial charge in [0.25, 0.3) is 5.91 Å². The summed E-state index contributed by atoms with van der Waals surface area (Å²) < 4.78 is 10.6. The SMILES string of the molecule is COCCCN(CC(=O)N1CCc2sccc2C1c1ccc(OC)cc1)C(=O)c1cccc2ccccc12. The number of carbonyl (C=O) groups excluding carboxylic acids is 2. The molecule has 1 atom stereocenters. The number of amides is 2. The van der Waals surface area contributed by atoms with Crippen molar-refractivity contribution in [2.75, 3.05) is 40.5 Å². The first kappa shape index (κ1) is 25.9. The van der Waals surface area contributed by atoms with Gasteiger partial charge in [-0.1, -0.05) is 48.5 Å². The third-order valence-electron chi connectivity index (χ3n) is 7.13. The highest BCUT2D eigenvalue weighted by atomic mass is 32.1. The Bertz CT molecular complexity index is 1410. The number of carbonyl (C=O) groups is 2. The first-order valence-corrected chi connectivity index (χ1v) is 13.7. The van der Waals surface area contributed by atoms with Gasteiger partial charge in [-0.25, -0.2) is 0 Å². The van der Waals surface area contributed by atoms with Gasteiger partial charge in [0, 0.05) is 37.2 Å². The Labute approximate surface area is 227 Å². The highest BCUT2D eigenvalue weighted by Crippen LogP contribution is 2.38. The van der Waals surface area contributed by atoms with Crippen molar-refractivity contribution in [3.8, 4) is 5.75 Å². The summed E-state index contributed by atoms with van der Waals surface area (Å²) in [6.07, 6.45) is 1.46. The van der Waals surface area contributed by atoms with Gasteiger partial charge in [0.1, 0.15) is 12.3 Å². The minimum Gasteiger partial charge on any atom is -0.497 e. The third-order valence-corrected chi connectivity index (χ3v) is 8.12. The largest absolute Gasteiger partial charge is 0.497 e. The van der Waals surface area contributed by atoms with Crippen LogP contribution < -0.4 is 4.74 Å². The highest BCUT2D eigenvalue weighted by Gasteiger charge is 2.34. The minimum atomic E-state index is -0.197. The van der Waals surface area contributed by atoms with E-state index in [1.807, 2.05) is 71.6 Å². The topological polar surface area (TPSA) is 59.1 Å². The molecule has 7 heteroatoms. The smallest absolute Gasteiger partial charge is 0.254 e. The lowest BCUT2D eigenvalue weighted by Crippen LogP contribution is -2.47. The van der Waals surface area contributed by atoms with Crippen LogP contribution in [-0.4, -0.2) is 62.1 Å². The van der Waals surface area contributed by atoms with Crippen LogP contribution in [-0.2, 0) is 16.0 Å². The van der Waals surface area contributed by atoms with Gasteiger partial charge in [0.2, 0.25) is 5.91 Å². The van der Waals surface area contributed by atoms with E-state index in [2.05, 4.69) is 11.4 Å². The summed E-state index contributed by atoms with van der Waals surface area (Å²) in [5.74, 6) is 0.576. The standard InChI is InChI=1S/C31H32N2O4S/c1-36-19-6-17-32(31(35)26-10-5-8-22-7-3-4-9-25(22)26)21-29(34)33-18-15-28-27(16-20-38-28)30(33)23-11-13-24(37-2)14-12-23/h3-5,7-14,16,20,30H,6,15,17-19,21H2,1-2H3. The Morgan fingerprint density at radius 1 is 1.00 bits per heavy atom. The molecular formula is C31H32N2O4S.